The van der Waals surface area contributed by atoms with Gasteiger partial charge in [0.15, 0.2) is 0 Å². The van der Waals surface area contributed by atoms with Gasteiger partial charge in [0.2, 0.25) is 5.82 Å². The van der Waals surface area contributed by atoms with E-state index in [1.807, 2.05) is 29.5 Å². The number of imidazole rings is 1. The Morgan fingerprint density at radius 2 is 2.27 bits per heavy atom. The fraction of sp³-hybridized carbons (Fsp3) is 0.267. The predicted octanol–water partition coefficient (Wildman–Crippen LogP) is 3.43. The van der Waals surface area contributed by atoms with Gasteiger partial charge in [-0.15, -0.1) is 0 Å². The molecule has 1 aromatic carbocycles. The summed E-state index contributed by atoms with van der Waals surface area (Å²) in [6.07, 6.45) is 3.66. The van der Waals surface area contributed by atoms with Crippen molar-refractivity contribution in [1.29, 1.82) is 0 Å². The van der Waals surface area contributed by atoms with Crippen LogP contribution in [-0.4, -0.2) is 21.4 Å². The first-order chi connectivity index (χ1) is 10.7. The van der Waals surface area contributed by atoms with Gasteiger partial charge in [0, 0.05) is 12.4 Å². The fourth-order valence-electron chi connectivity index (χ4n) is 3.25. The monoisotopic (exact) mass is 314 g/mol. The number of nitrogens with zero attached hydrogens (tertiary/aromatic N) is 4. The molecular weight excluding hydrogens is 300 g/mol. The first kappa shape index (κ1) is 13.3. The molecule has 0 bridgehead atoms. The number of fused-ring (bicyclic) bond motifs is 2. The molecule has 1 atom stereocenters. The Hall–Kier alpha value is -2.41. The highest BCUT2D eigenvalue weighted by Gasteiger charge is 2.33. The lowest BCUT2D eigenvalue weighted by Gasteiger charge is -2.24. The summed E-state index contributed by atoms with van der Waals surface area (Å²) in [4.78, 5) is 18.2. The molecule has 2 heterocycles. The van der Waals surface area contributed by atoms with Crippen LogP contribution in [0.5, 0.6) is 0 Å². The van der Waals surface area contributed by atoms with Crippen molar-refractivity contribution in [1.82, 2.24) is 9.38 Å². The number of rotatable bonds is 3. The number of anilines is 1. The third-order valence-corrected chi connectivity index (χ3v) is 5.05. The Labute approximate surface area is 130 Å². The summed E-state index contributed by atoms with van der Waals surface area (Å²) in [6.45, 7) is 0. The van der Waals surface area contributed by atoms with Crippen LogP contribution >= 0.6 is 11.3 Å². The van der Waals surface area contributed by atoms with E-state index >= 15 is 0 Å². The predicted molar refractivity (Wildman–Crippen MR) is 85.6 cm³/mol. The standard InChI is InChI=1S/C15H14N4O2S/c1-17(12-7-6-10-4-2-3-5-11(10)12)13-14(19(20)21)18-8-9-22-15(18)16-13/h2-5,8-9,12H,6-7H2,1H3/t12-/m1/s1. The fourth-order valence-corrected chi connectivity index (χ4v) is 3.96. The Balaban J connectivity index is 1.81. The van der Waals surface area contributed by atoms with Gasteiger partial charge in [-0.05, 0) is 28.9 Å². The highest BCUT2D eigenvalue weighted by atomic mass is 32.1. The van der Waals surface area contributed by atoms with Crippen LogP contribution < -0.4 is 4.90 Å². The molecule has 112 valence electrons. The van der Waals surface area contributed by atoms with E-state index in [4.69, 9.17) is 0 Å². The Morgan fingerprint density at radius 3 is 3.09 bits per heavy atom. The lowest BCUT2D eigenvalue weighted by atomic mass is 10.1. The quantitative estimate of drug-likeness (QED) is 0.549. The molecule has 6 nitrogen and oxygen atoms in total. The number of benzene rings is 1. The van der Waals surface area contributed by atoms with Crippen LogP contribution in [0.1, 0.15) is 23.6 Å². The highest BCUT2D eigenvalue weighted by Crippen LogP contribution is 2.40. The number of nitro groups is 1. The SMILES string of the molecule is CN(c1nc2sccn2c1[N+](=O)[O-])[C@@H]1CCc2ccccc21. The third-order valence-electron chi connectivity index (χ3n) is 4.29. The molecule has 22 heavy (non-hydrogen) atoms. The molecule has 3 aromatic rings. The molecule has 0 saturated carbocycles. The van der Waals surface area contributed by atoms with Crippen molar-refractivity contribution in [2.45, 2.75) is 18.9 Å². The minimum Gasteiger partial charge on any atom is -0.358 e. The van der Waals surface area contributed by atoms with Gasteiger partial charge >= 0.3 is 5.82 Å². The van der Waals surface area contributed by atoms with Crippen molar-refractivity contribution in [2.24, 2.45) is 0 Å². The van der Waals surface area contributed by atoms with E-state index in [1.54, 1.807) is 10.6 Å². The molecule has 0 aliphatic heterocycles. The molecule has 0 N–H and O–H groups in total. The molecule has 1 aliphatic carbocycles. The van der Waals surface area contributed by atoms with E-state index in [0.29, 0.717) is 10.8 Å². The summed E-state index contributed by atoms with van der Waals surface area (Å²) in [7, 11) is 1.90. The van der Waals surface area contributed by atoms with Crippen LogP contribution in [0.25, 0.3) is 4.96 Å². The smallest absolute Gasteiger partial charge is 0.358 e. The zero-order valence-electron chi connectivity index (χ0n) is 12.0. The first-order valence-corrected chi connectivity index (χ1v) is 7.95. The number of aryl methyl sites for hydroxylation is 1. The van der Waals surface area contributed by atoms with E-state index in [0.717, 1.165) is 12.8 Å². The second kappa shape index (κ2) is 4.81. The van der Waals surface area contributed by atoms with Gasteiger partial charge in [0.05, 0.1) is 6.04 Å². The normalized spacial score (nSPS) is 16.9. The van der Waals surface area contributed by atoms with Gasteiger partial charge in [-0.2, -0.15) is 9.38 Å². The second-order valence-corrected chi connectivity index (χ2v) is 6.31. The number of hydrogen-bond acceptors (Lipinski definition) is 5. The molecule has 0 unspecified atom stereocenters. The summed E-state index contributed by atoms with van der Waals surface area (Å²) in [6, 6.07) is 8.43. The van der Waals surface area contributed by atoms with Gasteiger partial charge in [-0.3, -0.25) is 0 Å². The van der Waals surface area contributed by atoms with Crippen LogP contribution in [0.4, 0.5) is 11.6 Å². The summed E-state index contributed by atoms with van der Waals surface area (Å²) in [5, 5.41) is 13.3. The molecule has 2 aromatic heterocycles. The third kappa shape index (κ3) is 1.82. The van der Waals surface area contributed by atoms with Gasteiger partial charge in [-0.1, -0.05) is 35.6 Å². The largest absolute Gasteiger partial charge is 0.373 e. The molecule has 7 heteroatoms. The van der Waals surface area contributed by atoms with Gasteiger partial charge in [0.25, 0.3) is 4.96 Å². The van der Waals surface area contributed by atoms with Crippen LogP contribution in [0.2, 0.25) is 0 Å². The number of hydrogen-bond donors (Lipinski definition) is 0. The molecule has 1 aliphatic rings. The van der Waals surface area contributed by atoms with Gasteiger partial charge < -0.3 is 15.0 Å². The van der Waals surface area contributed by atoms with Crippen molar-refractivity contribution in [3.63, 3.8) is 0 Å². The maximum absolute atomic E-state index is 11.5. The van der Waals surface area contributed by atoms with E-state index in [2.05, 4.69) is 17.1 Å². The molecule has 0 fully saturated rings. The van der Waals surface area contributed by atoms with Crippen molar-refractivity contribution in [3.8, 4) is 0 Å². The van der Waals surface area contributed by atoms with Crippen LogP contribution in [0.15, 0.2) is 35.8 Å². The summed E-state index contributed by atoms with van der Waals surface area (Å²) in [5.41, 5.74) is 2.57. The Bertz CT molecular complexity index is 869. The van der Waals surface area contributed by atoms with Crippen molar-refractivity contribution in [3.05, 3.63) is 57.1 Å². The number of aromatic nitrogens is 2. The van der Waals surface area contributed by atoms with Crippen molar-refractivity contribution >= 4 is 27.9 Å². The molecule has 0 amide bonds. The van der Waals surface area contributed by atoms with Crippen molar-refractivity contribution < 1.29 is 4.92 Å². The minimum atomic E-state index is -0.348. The Kier molecular flexibility index (Phi) is 2.90. The van der Waals surface area contributed by atoms with E-state index in [9.17, 15) is 10.1 Å². The topological polar surface area (TPSA) is 63.7 Å². The summed E-state index contributed by atoms with van der Waals surface area (Å²) >= 11 is 1.41. The number of thiazole rings is 1. The van der Waals surface area contributed by atoms with E-state index in [-0.39, 0.29) is 16.8 Å². The Morgan fingerprint density at radius 1 is 1.45 bits per heavy atom. The molecule has 0 spiro atoms. The summed E-state index contributed by atoms with van der Waals surface area (Å²) in [5.74, 6) is 0.488. The lowest BCUT2D eigenvalue weighted by molar-refractivity contribution is -0.389. The van der Waals surface area contributed by atoms with E-state index in [1.165, 1.54) is 22.5 Å². The molecule has 0 radical (unpaired) electrons. The zero-order chi connectivity index (χ0) is 15.3. The highest BCUT2D eigenvalue weighted by molar-refractivity contribution is 7.15. The van der Waals surface area contributed by atoms with Gasteiger partial charge in [-0.25, -0.2) is 0 Å². The summed E-state index contributed by atoms with van der Waals surface area (Å²) < 4.78 is 1.55. The average Bonchev–Trinajstić information content (AvgIpc) is 3.19. The second-order valence-electron chi connectivity index (χ2n) is 5.44. The minimum absolute atomic E-state index is 0.0446. The van der Waals surface area contributed by atoms with Gasteiger partial charge in [0.1, 0.15) is 6.20 Å². The van der Waals surface area contributed by atoms with Crippen LogP contribution in [0, 0.1) is 10.1 Å². The maximum Gasteiger partial charge on any atom is 0.373 e. The zero-order valence-corrected chi connectivity index (χ0v) is 12.8. The maximum atomic E-state index is 11.5. The first-order valence-electron chi connectivity index (χ1n) is 7.07. The lowest BCUT2D eigenvalue weighted by Crippen LogP contribution is -2.23. The van der Waals surface area contributed by atoms with Crippen LogP contribution in [0.3, 0.4) is 0 Å². The van der Waals surface area contributed by atoms with E-state index < -0.39 is 0 Å². The van der Waals surface area contributed by atoms with Crippen molar-refractivity contribution in [2.75, 3.05) is 11.9 Å². The molecular formula is C15H14N4O2S. The molecule has 0 saturated heterocycles. The average molecular weight is 314 g/mol. The van der Waals surface area contributed by atoms with Crippen LogP contribution in [-0.2, 0) is 6.42 Å². The molecule has 4 rings (SSSR count).